The number of nitrogens with one attached hydrogen (secondary N) is 1. The number of aliphatic hydroxyl groups is 1. The Balaban J connectivity index is 1.78. The van der Waals surface area contributed by atoms with E-state index < -0.39 is 0 Å². The fourth-order valence-corrected chi connectivity index (χ4v) is 3.15. The number of anilines is 1. The SMILES string of the molecule is CCc1cc(Oc2ccc(F)cc2CNc2cc(C)n(CCO)n2)ccc1Cl. The minimum atomic E-state index is -0.337. The van der Waals surface area contributed by atoms with E-state index in [2.05, 4.69) is 10.4 Å². The second kappa shape index (κ2) is 9.08. The van der Waals surface area contributed by atoms with E-state index in [0.29, 0.717) is 41.0 Å². The van der Waals surface area contributed by atoms with E-state index in [9.17, 15) is 4.39 Å². The van der Waals surface area contributed by atoms with Gasteiger partial charge in [-0.15, -0.1) is 0 Å². The number of hydrogen-bond donors (Lipinski definition) is 2. The Labute approximate surface area is 168 Å². The maximum Gasteiger partial charge on any atom is 0.148 e. The molecular formula is C21H23ClFN3O2. The Morgan fingerprint density at radius 3 is 2.75 bits per heavy atom. The maximum atomic E-state index is 13.8. The largest absolute Gasteiger partial charge is 0.457 e. The predicted molar refractivity (Wildman–Crippen MR) is 109 cm³/mol. The van der Waals surface area contributed by atoms with Crippen LogP contribution >= 0.6 is 11.6 Å². The number of halogens is 2. The summed E-state index contributed by atoms with van der Waals surface area (Å²) in [7, 11) is 0. The Morgan fingerprint density at radius 2 is 2.00 bits per heavy atom. The average Bonchev–Trinajstić information content (AvgIpc) is 3.03. The van der Waals surface area contributed by atoms with Crippen molar-refractivity contribution in [1.82, 2.24) is 9.78 Å². The summed E-state index contributed by atoms with van der Waals surface area (Å²) in [4.78, 5) is 0. The van der Waals surface area contributed by atoms with Crippen molar-refractivity contribution < 1.29 is 14.2 Å². The maximum absolute atomic E-state index is 13.8. The highest BCUT2D eigenvalue weighted by Crippen LogP contribution is 2.30. The number of aromatic nitrogens is 2. The molecule has 3 rings (SSSR count). The molecular weight excluding hydrogens is 381 g/mol. The zero-order chi connectivity index (χ0) is 20.1. The predicted octanol–water partition coefficient (Wildman–Crippen LogP) is 4.94. The number of aliphatic hydroxyl groups excluding tert-OH is 1. The van der Waals surface area contributed by atoms with E-state index in [1.54, 1.807) is 22.9 Å². The molecule has 2 N–H and O–H groups in total. The quantitative estimate of drug-likeness (QED) is 0.559. The molecule has 0 bridgehead atoms. The van der Waals surface area contributed by atoms with Crippen LogP contribution < -0.4 is 10.1 Å². The first-order valence-electron chi connectivity index (χ1n) is 9.14. The van der Waals surface area contributed by atoms with Crippen LogP contribution in [0.5, 0.6) is 11.5 Å². The van der Waals surface area contributed by atoms with Crippen molar-refractivity contribution in [3.63, 3.8) is 0 Å². The third kappa shape index (κ3) is 4.82. The molecule has 0 fully saturated rings. The lowest BCUT2D eigenvalue weighted by molar-refractivity contribution is 0.268. The van der Waals surface area contributed by atoms with E-state index in [0.717, 1.165) is 17.7 Å². The number of ether oxygens (including phenoxy) is 1. The third-order valence-electron chi connectivity index (χ3n) is 4.40. The third-order valence-corrected chi connectivity index (χ3v) is 4.77. The summed E-state index contributed by atoms with van der Waals surface area (Å²) in [6, 6.07) is 11.8. The van der Waals surface area contributed by atoms with Crippen LogP contribution in [0.15, 0.2) is 42.5 Å². The minimum Gasteiger partial charge on any atom is -0.457 e. The summed E-state index contributed by atoms with van der Waals surface area (Å²) >= 11 is 6.17. The Kier molecular flexibility index (Phi) is 6.54. The first-order valence-corrected chi connectivity index (χ1v) is 9.52. The van der Waals surface area contributed by atoms with Crippen LogP contribution in [0, 0.1) is 12.7 Å². The highest BCUT2D eigenvalue weighted by Gasteiger charge is 2.10. The molecule has 5 nitrogen and oxygen atoms in total. The minimum absolute atomic E-state index is 0.0185. The normalized spacial score (nSPS) is 10.9. The molecule has 7 heteroatoms. The lowest BCUT2D eigenvalue weighted by Crippen LogP contribution is -2.07. The Bertz CT molecular complexity index is 959. The molecule has 28 heavy (non-hydrogen) atoms. The molecule has 0 atom stereocenters. The molecule has 1 aromatic heterocycles. The van der Waals surface area contributed by atoms with Crippen molar-refractivity contribution in [2.24, 2.45) is 0 Å². The number of aryl methyl sites for hydroxylation is 2. The van der Waals surface area contributed by atoms with Gasteiger partial charge < -0.3 is 15.2 Å². The van der Waals surface area contributed by atoms with E-state index in [-0.39, 0.29) is 12.4 Å². The number of hydrogen-bond acceptors (Lipinski definition) is 4. The van der Waals surface area contributed by atoms with Gasteiger partial charge in [0.2, 0.25) is 0 Å². The van der Waals surface area contributed by atoms with Gasteiger partial charge in [-0.05, 0) is 55.3 Å². The first kappa shape index (κ1) is 20.2. The van der Waals surface area contributed by atoms with Crippen LogP contribution in [0.3, 0.4) is 0 Å². The Morgan fingerprint density at radius 1 is 1.18 bits per heavy atom. The molecule has 0 spiro atoms. The molecule has 0 radical (unpaired) electrons. The van der Waals surface area contributed by atoms with Gasteiger partial charge in [-0.3, -0.25) is 4.68 Å². The zero-order valence-corrected chi connectivity index (χ0v) is 16.6. The topological polar surface area (TPSA) is 59.3 Å². The second-order valence-electron chi connectivity index (χ2n) is 6.43. The highest BCUT2D eigenvalue weighted by molar-refractivity contribution is 6.31. The van der Waals surface area contributed by atoms with Crippen molar-refractivity contribution in [2.45, 2.75) is 33.4 Å². The van der Waals surface area contributed by atoms with Crippen LogP contribution in [0.25, 0.3) is 0 Å². The molecule has 0 aliphatic carbocycles. The van der Waals surface area contributed by atoms with E-state index in [4.69, 9.17) is 21.4 Å². The monoisotopic (exact) mass is 403 g/mol. The molecule has 0 aliphatic rings. The van der Waals surface area contributed by atoms with E-state index in [1.165, 1.54) is 12.1 Å². The zero-order valence-electron chi connectivity index (χ0n) is 15.9. The van der Waals surface area contributed by atoms with E-state index in [1.807, 2.05) is 26.0 Å². The molecule has 2 aromatic carbocycles. The van der Waals surface area contributed by atoms with Gasteiger partial charge in [-0.25, -0.2) is 4.39 Å². The van der Waals surface area contributed by atoms with Gasteiger partial charge in [0, 0.05) is 28.9 Å². The summed E-state index contributed by atoms with van der Waals surface area (Å²) in [5, 5.41) is 17.3. The molecule has 0 unspecified atom stereocenters. The average molecular weight is 404 g/mol. The Hall–Kier alpha value is -2.57. The van der Waals surface area contributed by atoms with Gasteiger partial charge in [0.25, 0.3) is 0 Å². The van der Waals surface area contributed by atoms with Crippen LogP contribution in [0.1, 0.15) is 23.7 Å². The van der Waals surface area contributed by atoms with Crippen LogP contribution in [-0.4, -0.2) is 21.5 Å². The van der Waals surface area contributed by atoms with E-state index >= 15 is 0 Å². The van der Waals surface area contributed by atoms with Crippen LogP contribution in [0.2, 0.25) is 5.02 Å². The summed E-state index contributed by atoms with van der Waals surface area (Å²) in [6.07, 6.45) is 0.795. The lowest BCUT2D eigenvalue weighted by atomic mass is 10.1. The van der Waals surface area contributed by atoms with Gasteiger partial charge in [0.05, 0.1) is 13.2 Å². The van der Waals surface area contributed by atoms with Crippen molar-refractivity contribution in [3.8, 4) is 11.5 Å². The number of nitrogens with zero attached hydrogens (tertiary/aromatic N) is 2. The number of benzene rings is 2. The van der Waals surface area contributed by atoms with Crippen LogP contribution in [-0.2, 0) is 19.5 Å². The van der Waals surface area contributed by atoms with Crippen molar-refractivity contribution in [1.29, 1.82) is 0 Å². The van der Waals surface area contributed by atoms with Gasteiger partial charge in [-0.1, -0.05) is 18.5 Å². The molecule has 0 aliphatic heterocycles. The first-order chi connectivity index (χ1) is 13.5. The smallest absolute Gasteiger partial charge is 0.148 e. The molecule has 1 heterocycles. The van der Waals surface area contributed by atoms with Gasteiger partial charge in [0.1, 0.15) is 23.1 Å². The summed E-state index contributed by atoms with van der Waals surface area (Å²) < 4.78 is 21.5. The summed E-state index contributed by atoms with van der Waals surface area (Å²) in [6.45, 7) is 4.73. The van der Waals surface area contributed by atoms with Crippen molar-refractivity contribution in [2.75, 3.05) is 11.9 Å². The molecule has 148 valence electrons. The van der Waals surface area contributed by atoms with Gasteiger partial charge in [-0.2, -0.15) is 5.10 Å². The molecule has 0 amide bonds. The van der Waals surface area contributed by atoms with Crippen molar-refractivity contribution in [3.05, 3.63) is 70.1 Å². The van der Waals surface area contributed by atoms with Gasteiger partial charge >= 0.3 is 0 Å². The summed E-state index contributed by atoms with van der Waals surface area (Å²) in [5.74, 6) is 1.53. The highest BCUT2D eigenvalue weighted by atomic mass is 35.5. The second-order valence-corrected chi connectivity index (χ2v) is 6.84. The fraction of sp³-hybridized carbons (Fsp3) is 0.286. The molecule has 3 aromatic rings. The molecule has 0 saturated carbocycles. The lowest BCUT2D eigenvalue weighted by Gasteiger charge is -2.13. The standard InChI is InChI=1S/C21H23ClFN3O2/c1-3-15-12-18(5-6-19(15)22)28-20-7-4-17(23)11-16(20)13-24-21-10-14(2)26(25-21)8-9-27/h4-7,10-12,27H,3,8-9,13H2,1-2H3,(H,24,25). The van der Waals surface area contributed by atoms with Gasteiger partial charge in [0.15, 0.2) is 0 Å². The van der Waals surface area contributed by atoms with Crippen LogP contribution in [0.4, 0.5) is 10.2 Å². The molecule has 0 saturated heterocycles. The summed E-state index contributed by atoms with van der Waals surface area (Å²) in [5.41, 5.74) is 2.59. The number of rotatable bonds is 8. The fourth-order valence-electron chi connectivity index (χ4n) is 2.90. The van der Waals surface area contributed by atoms with Crippen molar-refractivity contribution >= 4 is 17.4 Å².